The van der Waals surface area contributed by atoms with Gasteiger partial charge in [-0.3, -0.25) is 0 Å². The van der Waals surface area contributed by atoms with E-state index in [1.807, 2.05) is 6.07 Å². The van der Waals surface area contributed by atoms with E-state index in [0.29, 0.717) is 5.56 Å². The van der Waals surface area contributed by atoms with Gasteiger partial charge in [0.15, 0.2) is 0 Å². The van der Waals surface area contributed by atoms with Crippen LogP contribution in [0.3, 0.4) is 0 Å². The van der Waals surface area contributed by atoms with Crippen molar-refractivity contribution in [2.45, 2.75) is 18.2 Å². The van der Waals surface area contributed by atoms with Crippen LogP contribution in [0.5, 0.6) is 0 Å². The Morgan fingerprint density at radius 1 is 1.54 bits per heavy atom. The summed E-state index contributed by atoms with van der Waals surface area (Å²) in [6, 6.07) is 6.31. The van der Waals surface area contributed by atoms with Crippen molar-refractivity contribution in [1.29, 1.82) is 5.26 Å². The highest BCUT2D eigenvalue weighted by Crippen LogP contribution is 2.23. The van der Waals surface area contributed by atoms with Crippen molar-refractivity contribution < 1.29 is 4.39 Å². The zero-order valence-corrected chi connectivity index (χ0v) is 8.20. The molecule has 0 aliphatic carbocycles. The molecule has 1 aromatic rings. The molecule has 1 aromatic carbocycles. The van der Waals surface area contributed by atoms with Crippen molar-refractivity contribution in [1.82, 2.24) is 0 Å². The maximum Gasteiger partial charge on any atom is 0.124 e. The molecule has 0 heterocycles. The fourth-order valence-electron chi connectivity index (χ4n) is 0.927. The molecule has 0 amide bonds. The SMILES string of the molecule is CCCSc1ccc(F)cc1C#N. The molecule has 0 N–H and O–H groups in total. The van der Waals surface area contributed by atoms with Gasteiger partial charge in [-0.25, -0.2) is 4.39 Å². The molecule has 0 unspecified atom stereocenters. The van der Waals surface area contributed by atoms with E-state index in [4.69, 9.17) is 5.26 Å². The monoisotopic (exact) mass is 195 g/mol. The summed E-state index contributed by atoms with van der Waals surface area (Å²) in [4.78, 5) is 0.866. The average Bonchev–Trinajstić information content (AvgIpc) is 2.16. The van der Waals surface area contributed by atoms with E-state index in [1.165, 1.54) is 12.1 Å². The maximum absolute atomic E-state index is 12.7. The first-order valence-electron chi connectivity index (χ1n) is 4.10. The average molecular weight is 195 g/mol. The minimum Gasteiger partial charge on any atom is -0.207 e. The molecule has 0 radical (unpaired) electrons. The largest absolute Gasteiger partial charge is 0.207 e. The van der Waals surface area contributed by atoms with Crippen LogP contribution in [0, 0.1) is 17.1 Å². The normalized spacial score (nSPS) is 9.62. The second kappa shape index (κ2) is 4.88. The third-order valence-corrected chi connectivity index (χ3v) is 2.80. The molecule has 0 fully saturated rings. The summed E-state index contributed by atoms with van der Waals surface area (Å²) >= 11 is 1.59. The molecule has 0 saturated heterocycles. The summed E-state index contributed by atoms with van der Waals surface area (Å²) in [6.45, 7) is 2.07. The van der Waals surface area contributed by atoms with Crippen LogP contribution >= 0.6 is 11.8 Å². The van der Waals surface area contributed by atoms with E-state index in [1.54, 1.807) is 17.8 Å². The molecule has 3 heteroatoms. The summed E-state index contributed by atoms with van der Waals surface area (Å²) < 4.78 is 12.7. The second-order valence-corrected chi connectivity index (χ2v) is 3.74. The molecular weight excluding hydrogens is 185 g/mol. The Morgan fingerprint density at radius 3 is 2.92 bits per heavy atom. The summed E-state index contributed by atoms with van der Waals surface area (Å²) in [5.74, 6) is 0.609. The Labute approximate surface area is 81.6 Å². The second-order valence-electron chi connectivity index (χ2n) is 2.60. The molecular formula is C10H10FNS. The lowest BCUT2D eigenvalue weighted by molar-refractivity contribution is 0.626. The predicted molar refractivity (Wildman–Crippen MR) is 52.1 cm³/mol. The van der Waals surface area contributed by atoms with Crippen LogP contribution in [-0.4, -0.2) is 5.75 Å². The number of hydrogen-bond donors (Lipinski definition) is 0. The first-order chi connectivity index (χ1) is 6.27. The minimum atomic E-state index is -0.350. The number of thioether (sulfide) groups is 1. The van der Waals surface area contributed by atoms with E-state index < -0.39 is 0 Å². The topological polar surface area (TPSA) is 23.8 Å². The number of halogens is 1. The quantitative estimate of drug-likeness (QED) is 0.691. The van der Waals surface area contributed by atoms with Crippen molar-refractivity contribution in [3.8, 4) is 6.07 Å². The first kappa shape index (κ1) is 10.1. The van der Waals surface area contributed by atoms with Gasteiger partial charge < -0.3 is 0 Å². The molecule has 13 heavy (non-hydrogen) atoms. The Morgan fingerprint density at radius 2 is 2.31 bits per heavy atom. The van der Waals surface area contributed by atoms with Crippen LogP contribution in [-0.2, 0) is 0 Å². The number of nitriles is 1. The Hall–Kier alpha value is -1.01. The van der Waals surface area contributed by atoms with Crippen molar-refractivity contribution >= 4 is 11.8 Å². The molecule has 1 nitrogen and oxygen atoms in total. The number of nitrogens with zero attached hydrogens (tertiary/aromatic N) is 1. The van der Waals surface area contributed by atoms with E-state index >= 15 is 0 Å². The van der Waals surface area contributed by atoms with Crippen molar-refractivity contribution in [3.63, 3.8) is 0 Å². The van der Waals surface area contributed by atoms with Crippen molar-refractivity contribution in [2.75, 3.05) is 5.75 Å². The van der Waals surface area contributed by atoms with E-state index in [0.717, 1.165) is 17.1 Å². The minimum absolute atomic E-state index is 0.350. The summed E-state index contributed by atoms with van der Waals surface area (Å²) in [7, 11) is 0. The molecule has 0 spiro atoms. The Bertz CT molecular complexity index is 330. The summed E-state index contributed by atoms with van der Waals surface area (Å²) in [5.41, 5.74) is 0.429. The zero-order valence-electron chi connectivity index (χ0n) is 7.38. The number of rotatable bonds is 3. The van der Waals surface area contributed by atoms with Crippen LogP contribution in [0.1, 0.15) is 18.9 Å². The van der Waals surface area contributed by atoms with Crippen LogP contribution in [0.4, 0.5) is 4.39 Å². The molecule has 68 valence electrons. The van der Waals surface area contributed by atoms with Gasteiger partial charge in [0.05, 0.1) is 5.56 Å². The zero-order chi connectivity index (χ0) is 9.68. The van der Waals surface area contributed by atoms with Crippen LogP contribution < -0.4 is 0 Å². The predicted octanol–water partition coefficient (Wildman–Crippen LogP) is 3.20. The molecule has 1 rings (SSSR count). The van der Waals surface area contributed by atoms with Crippen LogP contribution in [0.15, 0.2) is 23.1 Å². The lowest BCUT2D eigenvalue weighted by Crippen LogP contribution is -1.84. The number of benzene rings is 1. The number of hydrogen-bond acceptors (Lipinski definition) is 2. The van der Waals surface area contributed by atoms with Gasteiger partial charge in [0, 0.05) is 4.90 Å². The summed E-state index contributed by atoms with van der Waals surface area (Å²) in [5, 5.41) is 8.71. The third kappa shape index (κ3) is 2.74. The summed E-state index contributed by atoms with van der Waals surface area (Å²) in [6.07, 6.45) is 1.05. The van der Waals surface area contributed by atoms with Gasteiger partial charge in [-0.2, -0.15) is 5.26 Å². The smallest absolute Gasteiger partial charge is 0.124 e. The van der Waals surface area contributed by atoms with E-state index in [-0.39, 0.29) is 5.82 Å². The third-order valence-electron chi connectivity index (χ3n) is 1.52. The highest BCUT2D eigenvalue weighted by atomic mass is 32.2. The fraction of sp³-hybridized carbons (Fsp3) is 0.300. The van der Waals surface area contributed by atoms with Gasteiger partial charge in [-0.15, -0.1) is 11.8 Å². The van der Waals surface area contributed by atoms with Crippen LogP contribution in [0.25, 0.3) is 0 Å². The molecule has 0 saturated carbocycles. The van der Waals surface area contributed by atoms with Gasteiger partial charge in [-0.1, -0.05) is 6.92 Å². The van der Waals surface area contributed by atoms with Gasteiger partial charge in [0.1, 0.15) is 11.9 Å². The van der Waals surface area contributed by atoms with Gasteiger partial charge in [0.2, 0.25) is 0 Å². The lowest BCUT2D eigenvalue weighted by Gasteiger charge is -2.01. The molecule has 0 aromatic heterocycles. The standard InChI is InChI=1S/C10H10FNS/c1-2-5-13-10-4-3-9(11)6-8(10)7-12/h3-4,6H,2,5H2,1H3. The highest BCUT2D eigenvalue weighted by Gasteiger charge is 2.02. The highest BCUT2D eigenvalue weighted by molar-refractivity contribution is 7.99. The first-order valence-corrected chi connectivity index (χ1v) is 5.09. The maximum atomic E-state index is 12.7. The molecule has 0 aliphatic heterocycles. The molecule has 0 bridgehead atoms. The van der Waals surface area contributed by atoms with E-state index in [2.05, 4.69) is 6.92 Å². The van der Waals surface area contributed by atoms with Crippen molar-refractivity contribution in [3.05, 3.63) is 29.6 Å². The molecule has 0 aliphatic rings. The fourth-order valence-corrected chi connectivity index (χ4v) is 1.78. The Balaban J connectivity index is 2.88. The van der Waals surface area contributed by atoms with Gasteiger partial charge in [0.25, 0.3) is 0 Å². The molecule has 0 atom stereocenters. The van der Waals surface area contributed by atoms with Crippen LogP contribution in [0.2, 0.25) is 0 Å². The van der Waals surface area contributed by atoms with Gasteiger partial charge >= 0.3 is 0 Å². The van der Waals surface area contributed by atoms with E-state index in [9.17, 15) is 4.39 Å². The Kier molecular flexibility index (Phi) is 3.78. The lowest BCUT2D eigenvalue weighted by atomic mass is 10.2. The van der Waals surface area contributed by atoms with Crippen molar-refractivity contribution in [2.24, 2.45) is 0 Å². The van der Waals surface area contributed by atoms with Gasteiger partial charge in [-0.05, 0) is 30.4 Å².